The quantitative estimate of drug-likeness (QED) is 0.947. The van der Waals surface area contributed by atoms with E-state index >= 15 is 0 Å². The number of amides is 1. The monoisotopic (exact) mass is 311 g/mol. The van der Waals surface area contributed by atoms with Crippen molar-refractivity contribution in [1.29, 1.82) is 0 Å². The van der Waals surface area contributed by atoms with Crippen molar-refractivity contribution < 1.29 is 9.59 Å². The van der Waals surface area contributed by atoms with Gasteiger partial charge in [-0.15, -0.1) is 0 Å². The largest absolute Gasteiger partial charge is 0.352 e. The van der Waals surface area contributed by atoms with Gasteiger partial charge in [0.1, 0.15) is 0 Å². The van der Waals surface area contributed by atoms with Crippen LogP contribution in [-0.4, -0.2) is 27.8 Å². The van der Waals surface area contributed by atoms with E-state index in [1.807, 2.05) is 43.5 Å². The molecule has 1 aliphatic heterocycles. The maximum atomic E-state index is 12.5. The molecule has 3 heterocycles. The molecule has 0 spiro atoms. The topological polar surface area (TPSA) is 64.0 Å². The van der Waals surface area contributed by atoms with Gasteiger partial charge in [0.25, 0.3) is 5.91 Å². The SMILES string of the molecule is CC(C)(C)C(=O)Cn1c(-c2ccncc2)cc2c1CCNC2=O. The lowest BCUT2D eigenvalue weighted by Crippen LogP contribution is -2.33. The van der Waals surface area contributed by atoms with Crippen LogP contribution < -0.4 is 5.32 Å². The summed E-state index contributed by atoms with van der Waals surface area (Å²) < 4.78 is 2.00. The molecule has 1 aliphatic rings. The highest BCUT2D eigenvalue weighted by Gasteiger charge is 2.28. The van der Waals surface area contributed by atoms with Crippen LogP contribution in [0.15, 0.2) is 30.6 Å². The number of aromatic nitrogens is 2. The third-order valence-corrected chi connectivity index (χ3v) is 4.21. The Morgan fingerprint density at radius 1 is 1.30 bits per heavy atom. The molecule has 0 saturated heterocycles. The van der Waals surface area contributed by atoms with Gasteiger partial charge in [-0.05, 0) is 18.2 Å². The smallest absolute Gasteiger partial charge is 0.253 e. The van der Waals surface area contributed by atoms with E-state index in [-0.39, 0.29) is 18.2 Å². The zero-order chi connectivity index (χ0) is 16.6. The van der Waals surface area contributed by atoms with Crippen LogP contribution in [0, 0.1) is 5.41 Å². The van der Waals surface area contributed by atoms with Gasteiger partial charge >= 0.3 is 0 Å². The van der Waals surface area contributed by atoms with Crippen molar-refractivity contribution in [3.63, 3.8) is 0 Å². The second-order valence-corrected chi connectivity index (χ2v) is 6.89. The number of rotatable bonds is 3. The summed E-state index contributed by atoms with van der Waals surface area (Å²) in [5.74, 6) is 0.0840. The van der Waals surface area contributed by atoms with Gasteiger partial charge in [0.2, 0.25) is 0 Å². The van der Waals surface area contributed by atoms with E-state index in [2.05, 4.69) is 10.3 Å². The van der Waals surface area contributed by atoms with Crippen molar-refractivity contribution in [3.05, 3.63) is 41.9 Å². The number of carbonyl (C=O) groups excluding carboxylic acids is 2. The lowest BCUT2D eigenvalue weighted by Gasteiger charge is -2.21. The molecule has 2 aromatic heterocycles. The Bertz CT molecular complexity index is 755. The number of nitrogens with zero attached hydrogens (tertiary/aromatic N) is 2. The highest BCUT2D eigenvalue weighted by Crippen LogP contribution is 2.29. The van der Waals surface area contributed by atoms with Gasteiger partial charge in [0.15, 0.2) is 5.78 Å². The van der Waals surface area contributed by atoms with Crippen molar-refractivity contribution >= 4 is 11.7 Å². The molecule has 0 aromatic carbocycles. The van der Waals surface area contributed by atoms with Crippen LogP contribution in [0.5, 0.6) is 0 Å². The first-order valence-corrected chi connectivity index (χ1v) is 7.82. The molecule has 1 N–H and O–H groups in total. The van der Waals surface area contributed by atoms with Crippen LogP contribution in [0.25, 0.3) is 11.3 Å². The summed E-state index contributed by atoms with van der Waals surface area (Å²) in [5.41, 5.74) is 3.06. The summed E-state index contributed by atoms with van der Waals surface area (Å²) >= 11 is 0. The van der Waals surface area contributed by atoms with Crippen LogP contribution in [0.4, 0.5) is 0 Å². The number of ketones is 1. The zero-order valence-corrected chi connectivity index (χ0v) is 13.7. The minimum absolute atomic E-state index is 0.0662. The van der Waals surface area contributed by atoms with Crippen molar-refractivity contribution in [2.24, 2.45) is 5.41 Å². The average molecular weight is 311 g/mol. The Kier molecular flexibility index (Phi) is 3.80. The van der Waals surface area contributed by atoms with E-state index in [1.54, 1.807) is 12.4 Å². The number of hydrogen-bond donors (Lipinski definition) is 1. The van der Waals surface area contributed by atoms with Crippen molar-refractivity contribution in [3.8, 4) is 11.3 Å². The third-order valence-electron chi connectivity index (χ3n) is 4.21. The predicted molar refractivity (Wildman–Crippen MR) is 88.2 cm³/mol. The highest BCUT2D eigenvalue weighted by molar-refractivity contribution is 5.98. The molecule has 5 nitrogen and oxygen atoms in total. The fourth-order valence-electron chi connectivity index (χ4n) is 2.77. The van der Waals surface area contributed by atoms with Crippen molar-refractivity contribution in [2.75, 3.05) is 6.54 Å². The fourth-order valence-corrected chi connectivity index (χ4v) is 2.77. The molecular weight excluding hydrogens is 290 g/mol. The van der Waals surface area contributed by atoms with Crippen molar-refractivity contribution in [2.45, 2.75) is 33.7 Å². The van der Waals surface area contributed by atoms with Gasteiger partial charge in [0.05, 0.1) is 12.1 Å². The molecule has 0 saturated carbocycles. The van der Waals surface area contributed by atoms with Gasteiger partial charge in [-0.1, -0.05) is 20.8 Å². The number of hydrogen-bond acceptors (Lipinski definition) is 3. The second kappa shape index (κ2) is 5.65. The Balaban J connectivity index is 2.12. The molecule has 0 atom stereocenters. The number of Topliss-reactive ketones (excluding diaryl/α,β-unsaturated/α-hetero) is 1. The van der Waals surface area contributed by atoms with Gasteiger partial charge in [-0.25, -0.2) is 0 Å². The van der Waals surface area contributed by atoms with E-state index in [0.29, 0.717) is 12.1 Å². The lowest BCUT2D eigenvalue weighted by atomic mass is 9.90. The maximum absolute atomic E-state index is 12.5. The summed E-state index contributed by atoms with van der Waals surface area (Å²) in [6.45, 7) is 6.65. The minimum atomic E-state index is -0.413. The Hall–Kier alpha value is -2.43. The van der Waals surface area contributed by atoms with E-state index in [9.17, 15) is 9.59 Å². The molecule has 0 aliphatic carbocycles. The highest BCUT2D eigenvalue weighted by atomic mass is 16.1. The molecule has 5 heteroatoms. The Morgan fingerprint density at radius 2 is 2.00 bits per heavy atom. The molecule has 23 heavy (non-hydrogen) atoms. The minimum Gasteiger partial charge on any atom is -0.352 e. The molecule has 2 aromatic rings. The fraction of sp³-hybridized carbons (Fsp3) is 0.389. The average Bonchev–Trinajstić information content (AvgIpc) is 2.87. The van der Waals surface area contributed by atoms with Crippen molar-refractivity contribution in [1.82, 2.24) is 14.9 Å². The van der Waals surface area contributed by atoms with Gasteiger partial charge in [-0.3, -0.25) is 14.6 Å². The molecule has 120 valence electrons. The standard InChI is InChI=1S/C18H21N3O2/c1-18(2,3)16(22)11-21-14-6-9-20-17(23)13(14)10-15(21)12-4-7-19-8-5-12/h4-5,7-8,10H,6,9,11H2,1-3H3,(H,20,23). The predicted octanol–water partition coefficient (Wildman–Crippen LogP) is 2.45. The van der Waals surface area contributed by atoms with Crippen LogP contribution in [0.3, 0.4) is 0 Å². The number of pyridine rings is 1. The molecule has 0 unspecified atom stereocenters. The summed E-state index contributed by atoms with van der Waals surface area (Å²) in [4.78, 5) is 28.7. The molecule has 1 amide bonds. The maximum Gasteiger partial charge on any atom is 0.253 e. The van der Waals surface area contributed by atoms with Gasteiger partial charge < -0.3 is 9.88 Å². The van der Waals surface area contributed by atoms with E-state index < -0.39 is 5.41 Å². The molecule has 0 fully saturated rings. The van der Waals surface area contributed by atoms with Gasteiger partial charge in [0, 0.05) is 47.7 Å². The normalized spacial score (nSPS) is 14.3. The zero-order valence-electron chi connectivity index (χ0n) is 13.7. The summed E-state index contributed by atoms with van der Waals surface area (Å²) in [6, 6.07) is 5.68. The van der Waals surface area contributed by atoms with Crippen LogP contribution in [-0.2, 0) is 17.8 Å². The second-order valence-electron chi connectivity index (χ2n) is 6.89. The summed E-state index contributed by atoms with van der Waals surface area (Å²) in [5, 5.41) is 2.86. The summed E-state index contributed by atoms with van der Waals surface area (Å²) in [6.07, 6.45) is 4.18. The van der Waals surface area contributed by atoms with Crippen LogP contribution >= 0.6 is 0 Å². The van der Waals surface area contributed by atoms with Gasteiger partial charge in [-0.2, -0.15) is 0 Å². The third kappa shape index (κ3) is 2.91. The number of carbonyl (C=O) groups is 2. The Labute approximate surface area is 135 Å². The van der Waals surface area contributed by atoms with E-state index in [1.165, 1.54) is 0 Å². The molecular formula is C18H21N3O2. The van der Waals surface area contributed by atoms with E-state index in [0.717, 1.165) is 23.4 Å². The number of nitrogens with one attached hydrogen (secondary N) is 1. The molecule has 0 bridgehead atoms. The number of fused-ring (bicyclic) bond motifs is 1. The first kappa shape index (κ1) is 15.5. The van der Waals surface area contributed by atoms with Crippen LogP contribution in [0.2, 0.25) is 0 Å². The molecule has 3 rings (SSSR count). The lowest BCUT2D eigenvalue weighted by molar-refractivity contribution is -0.126. The summed E-state index contributed by atoms with van der Waals surface area (Å²) in [7, 11) is 0. The Morgan fingerprint density at radius 3 is 2.65 bits per heavy atom. The first-order chi connectivity index (χ1) is 10.9. The van der Waals surface area contributed by atoms with E-state index in [4.69, 9.17) is 0 Å². The first-order valence-electron chi connectivity index (χ1n) is 7.82. The van der Waals surface area contributed by atoms with Crippen LogP contribution in [0.1, 0.15) is 36.8 Å². The molecule has 0 radical (unpaired) electrons.